The van der Waals surface area contributed by atoms with Gasteiger partial charge < -0.3 is 19.5 Å². The Morgan fingerprint density at radius 3 is 2.83 bits per heavy atom. The van der Waals surface area contributed by atoms with E-state index in [1.54, 1.807) is 24.3 Å². The van der Waals surface area contributed by atoms with Crippen molar-refractivity contribution in [1.29, 1.82) is 0 Å². The molecule has 0 bridgehead atoms. The zero-order valence-electron chi connectivity index (χ0n) is 16.0. The van der Waals surface area contributed by atoms with Gasteiger partial charge in [0.05, 0.1) is 7.11 Å². The number of rotatable bonds is 5. The molecule has 0 fully saturated rings. The van der Waals surface area contributed by atoms with Gasteiger partial charge in [0.1, 0.15) is 22.7 Å². The fraction of sp³-hybridized carbons (Fsp3) is 0.182. The quantitative estimate of drug-likeness (QED) is 0.506. The first kappa shape index (κ1) is 18.7. The molecule has 4 aromatic rings. The van der Waals surface area contributed by atoms with Gasteiger partial charge in [-0.1, -0.05) is 0 Å². The summed E-state index contributed by atoms with van der Waals surface area (Å²) < 4.78 is 24.0. The number of nitrogens with one attached hydrogen (secondary N) is 2. The molecule has 0 radical (unpaired) electrons. The molecule has 2 N–H and O–H groups in total. The van der Waals surface area contributed by atoms with Gasteiger partial charge in [-0.05, 0) is 61.4 Å². The standard InChI is InChI=1S/C22H19FN2O4/c1-12-16(17-11-14(23)3-5-19(17)25-12)7-8-24-21(26)18-10-13-9-15(28-2)4-6-20(13)29-22(18)27/h3-6,9-11,25H,7-8H2,1-2H3,(H,24,26). The van der Waals surface area contributed by atoms with Crippen molar-refractivity contribution in [2.45, 2.75) is 13.3 Å². The fourth-order valence-electron chi connectivity index (χ4n) is 3.46. The largest absolute Gasteiger partial charge is 0.497 e. The van der Waals surface area contributed by atoms with Gasteiger partial charge in [0.15, 0.2) is 0 Å². The lowest BCUT2D eigenvalue weighted by Crippen LogP contribution is -2.30. The highest BCUT2D eigenvalue weighted by Crippen LogP contribution is 2.23. The Hall–Kier alpha value is -3.61. The number of fused-ring (bicyclic) bond motifs is 2. The lowest BCUT2D eigenvalue weighted by Gasteiger charge is -2.07. The number of benzene rings is 2. The number of carbonyl (C=O) groups excluding carboxylic acids is 1. The molecular weight excluding hydrogens is 375 g/mol. The number of ether oxygens (including phenoxy) is 1. The van der Waals surface area contributed by atoms with Gasteiger partial charge >= 0.3 is 5.63 Å². The first-order chi connectivity index (χ1) is 14.0. The van der Waals surface area contributed by atoms with Crippen LogP contribution in [0.1, 0.15) is 21.6 Å². The Bertz CT molecular complexity index is 1290. The smallest absolute Gasteiger partial charge is 0.349 e. The Balaban J connectivity index is 1.53. The van der Waals surface area contributed by atoms with Gasteiger partial charge in [0.25, 0.3) is 5.91 Å². The highest BCUT2D eigenvalue weighted by atomic mass is 19.1. The van der Waals surface area contributed by atoms with Crippen molar-refractivity contribution in [3.63, 3.8) is 0 Å². The van der Waals surface area contributed by atoms with Crippen LogP contribution >= 0.6 is 0 Å². The number of halogens is 1. The Kier molecular flexibility index (Phi) is 4.80. The maximum Gasteiger partial charge on any atom is 0.349 e. The first-order valence-corrected chi connectivity index (χ1v) is 9.13. The van der Waals surface area contributed by atoms with Crippen LogP contribution in [0.2, 0.25) is 0 Å². The van der Waals surface area contributed by atoms with Gasteiger partial charge in [-0.15, -0.1) is 0 Å². The Morgan fingerprint density at radius 1 is 1.21 bits per heavy atom. The number of aromatic nitrogens is 1. The van der Waals surface area contributed by atoms with Crippen molar-refractivity contribution in [3.05, 3.63) is 75.5 Å². The van der Waals surface area contributed by atoms with E-state index in [1.807, 2.05) is 6.92 Å². The van der Waals surface area contributed by atoms with E-state index in [9.17, 15) is 14.0 Å². The van der Waals surface area contributed by atoms with E-state index in [2.05, 4.69) is 10.3 Å². The van der Waals surface area contributed by atoms with E-state index in [4.69, 9.17) is 9.15 Å². The lowest BCUT2D eigenvalue weighted by atomic mass is 10.1. The minimum Gasteiger partial charge on any atom is -0.497 e. The summed E-state index contributed by atoms with van der Waals surface area (Å²) in [5.74, 6) is -0.238. The number of hydrogen-bond acceptors (Lipinski definition) is 4. The molecular formula is C22H19FN2O4. The van der Waals surface area contributed by atoms with Crippen LogP contribution in [-0.2, 0) is 6.42 Å². The van der Waals surface area contributed by atoms with E-state index in [-0.39, 0.29) is 11.4 Å². The van der Waals surface area contributed by atoms with Crippen molar-refractivity contribution in [1.82, 2.24) is 10.3 Å². The van der Waals surface area contributed by atoms with Crippen molar-refractivity contribution in [3.8, 4) is 5.75 Å². The molecule has 0 saturated heterocycles. The average molecular weight is 394 g/mol. The second kappa shape index (κ2) is 7.43. The third kappa shape index (κ3) is 3.59. The maximum atomic E-state index is 13.6. The number of carbonyl (C=O) groups is 1. The van der Waals surface area contributed by atoms with Crippen molar-refractivity contribution in [2.24, 2.45) is 0 Å². The number of aryl methyl sites for hydroxylation is 1. The molecule has 1 amide bonds. The predicted molar refractivity (Wildman–Crippen MR) is 108 cm³/mol. The molecule has 0 aliphatic heterocycles. The lowest BCUT2D eigenvalue weighted by molar-refractivity contribution is 0.0950. The molecule has 29 heavy (non-hydrogen) atoms. The maximum absolute atomic E-state index is 13.6. The highest BCUT2D eigenvalue weighted by Gasteiger charge is 2.15. The van der Waals surface area contributed by atoms with Gasteiger partial charge in [-0.3, -0.25) is 4.79 Å². The summed E-state index contributed by atoms with van der Waals surface area (Å²) in [6, 6.07) is 11.0. The number of hydrogen-bond donors (Lipinski definition) is 2. The normalized spacial score (nSPS) is 11.1. The summed E-state index contributed by atoms with van der Waals surface area (Å²) in [5.41, 5.74) is 2.28. The second-order valence-corrected chi connectivity index (χ2v) is 6.78. The third-order valence-corrected chi connectivity index (χ3v) is 4.93. The Labute approximate surface area is 165 Å². The van der Waals surface area contributed by atoms with E-state index in [0.29, 0.717) is 29.7 Å². The number of methoxy groups -OCH3 is 1. The molecule has 0 spiro atoms. The number of amides is 1. The molecule has 2 heterocycles. The first-order valence-electron chi connectivity index (χ1n) is 9.13. The topological polar surface area (TPSA) is 84.3 Å². The number of aromatic amines is 1. The van der Waals surface area contributed by atoms with E-state index >= 15 is 0 Å². The molecule has 0 atom stereocenters. The predicted octanol–water partition coefficient (Wildman–Crippen LogP) is 3.70. The van der Waals surface area contributed by atoms with E-state index in [1.165, 1.54) is 25.3 Å². The second-order valence-electron chi connectivity index (χ2n) is 6.78. The minimum atomic E-state index is -0.703. The number of H-pyrrole nitrogens is 1. The van der Waals surface area contributed by atoms with Gasteiger partial charge in [-0.25, -0.2) is 9.18 Å². The molecule has 2 aromatic carbocycles. The summed E-state index contributed by atoms with van der Waals surface area (Å²) >= 11 is 0. The van der Waals surface area contributed by atoms with Crippen LogP contribution in [0.15, 0.2) is 51.7 Å². The molecule has 0 saturated carbocycles. The monoisotopic (exact) mass is 394 g/mol. The van der Waals surface area contributed by atoms with Crippen LogP contribution in [-0.4, -0.2) is 24.5 Å². The molecule has 6 nitrogen and oxygen atoms in total. The summed E-state index contributed by atoms with van der Waals surface area (Å²) in [4.78, 5) is 27.9. The summed E-state index contributed by atoms with van der Waals surface area (Å²) in [6.45, 7) is 2.19. The van der Waals surface area contributed by atoms with Crippen LogP contribution < -0.4 is 15.7 Å². The third-order valence-electron chi connectivity index (χ3n) is 4.93. The van der Waals surface area contributed by atoms with E-state index in [0.717, 1.165) is 22.2 Å². The van der Waals surface area contributed by atoms with Gasteiger partial charge in [0.2, 0.25) is 0 Å². The summed E-state index contributed by atoms with van der Waals surface area (Å²) in [7, 11) is 1.53. The summed E-state index contributed by atoms with van der Waals surface area (Å²) in [6.07, 6.45) is 0.494. The Morgan fingerprint density at radius 2 is 2.03 bits per heavy atom. The van der Waals surface area contributed by atoms with Crippen LogP contribution in [0.3, 0.4) is 0 Å². The molecule has 2 aromatic heterocycles. The molecule has 4 rings (SSSR count). The van der Waals surface area contributed by atoms with Crippen LogP contribution in [0.25, 0.3) is 21.9 Å². The van der Waals surface area contributed by atoms with Crippen LogP contribution in [0.4, 0.5) is 4.39 Å². The van der Waals surface area contributed by atoms with E-state index < -0.39 is 11.5 Å². The zero-order chi connectivity index (χ0) is 20.5. The molecule has 7 heteroatoms. The molecule has 0 aliphatic rings. The van der Waals surface area contributed by atoms with Gasteiger partial charge in [0, 0.05) is 28.5 Å². The molecule has 0 aliphatic carbocycles. The SMILES string of the molecule is COc1ccc2oc(=O)c(C(=O)NCCc3c(C)[nH]c4ccc(F)cc34)cc2c1. The fourth-order valence-corrected chi connectivity index (χ4v) is 3.46. The van der Waals surface area contributed by atoms with Crippen molar-refractivity contribution in [2.75, 3.05) is 13.7 Å². The van der Waals surface area contributed by atoms with Crippen LogP contribution in [0.5, 0.6) is 5.75 Å². The molecule has 0 unspecified atom stereocenters. The van der Waals surface area contributed by atoms with Crippen LogP contribution in [0, 0.1) is 12.7 Å². The van der Waals surface area contributed by atoms with Crippen molar-refractivity contribution < 1.29 is 18.3 Å². The molecule has 148 valence electrons. The average Bonchev–Trinajstić information content (AvgIpc) is 3.01. The zero-order valence-corrected chi connectivity index (χ0v) is 16.0. The van der Waals surface area contributed by atoms with Crippen molar-refractivity contribution >= 4 is 27.8 Å². The minimum absolute atomic E-state index is 0.0764. The van der Waals surface area contributed by atoms with Gasteiger partial charge in [-0.2, -0.15) is 0 Å². The highest BCUT2D eigenvalue weighted by molar-refractivity contribution is 5.96. The summed E-state index contributed by atoms with van der Waals surface area (Å²) in [5, 5.41) is 4.12.